The average molecular weight is 252 g/mol. The van der Waals surface area contributed by atoms with E-state index in [1.54, 1.807) is 0 Å². The van der Waals surface area contributed by atoms with E-state index in [0.717, 1.165) is 17.9 Å². The summed E-state index contributed by atoms with van der Waals surface area (Å²) in [7, 11) is 0. The number of rotatable bonds is 4. The van der Waals surface area contributed by atoms with Crippen molar-refractivity contribution in [2.75, 3.05) is 32.7 Å². The van der Waals surface area contributed by atoms with Gasteiger partial charge in [-0.15, -0.1) is 0 Å². The zero-order chi connectivity index (χ0) is 13.0. The van der Waals surface area contributed by atoms with E-state index in [1.807, 2.05) is 0 Å². The Hall–Kier alpha value is -0.0800. The molecule has 2 nitrogen and oxygen atoms in total. The van der Waals surface area contributed by atoms with Gasteiger partial charge in [-0.1, -0.05) is 13.8 Å². The predicted molar refractivity (Wildman–Crippen MR) is 78.9 cm³/mol. The van der Waals surface area contributed by atoms with Crippen LogP contribution in [-0.2, 0) is 0 Å². The topological polar surface area (TPSA) is 6.48 Å². The minimum atomic E-state index is 0.786. The van der Waals surface area contributed by atoms with E-state index in [4.69, 9.17) is 0 Å². The van der Waals surface area contributed by atoms with Gasteiger partial charge in [-0.3, -0.25) is 0 Å². The van der Waals surface area contributed by atoms with Gasteiger partial charge in [-0.2, -0.15) is 0 Å². The summed E-state index contributed by atoms with van der Waals surface area (Å²) in [5.41, 5.74) is 0. The molecule has 2 fully saturated rings. The summed E-state index contributed by atoms with van der Waals surface area (Å²) in [5.74, 6) is 1.89. The standard InChI is InChI=1S/C16H32N2/c1-4-15(3)18-9-5-6-16(13-18)12-17-10-7-14(2)8-11-17/h14-16H,4-13H2,1-3H3. The summed E-state index contributed by atoms with van der Waals surface area (Å²) >= 11 is 0. The molecule has 2 heterocycles. The molecule has 2 heteroatoms. The second-order valence-electron chi connectivity index (χ2n) is 6.74. The molecule has 0 aliphatic carbocycles. The first kappa shape index (κ1) is 14.3. The van der Waals surface area contributed by atoms with E-state index in [9.17, 15) is 0 Å². The van der Waals surface area contributed by atoms with Crippen LogP contribution in [0.1, 0.15) is 52.9 Å². The van der Waals surface area contributed by atoms with E-state index in [1.165, 1.54) is 64.8 Å². The third-order valence-electron chi connectivity index (χ3n) is 5.16. The van der Waals surface area contributed by atoms with Gasteiger partial charge in [0, 0.05) is 19.1 Å². The lowest BCUT2D eigenvalue weighted by atomic mass is 9.93. The Labute approximate surface area is 114 Å². The van der Waals surface area contributed by atoms with E-state index in [-0.39, 0.29) is 0 Å². The Bertz CT molecular complexity index is 233. The fraction of sp³-hybridized carbons (Fsp3) is 1.00. The first-order chi connectivity index (χ1) is 8.69. The molecule has 2 saturated heterocycles. The molecular formula is C16H32N2. The fourth-order valence-corrected chi connectivity index (χ4v) is 3.51. The van der Waals surface area contributed by atoms with Gasteiger partial charge in [-0.25, -0.2) is 0 Å². The molecule has 0 spiro atoms. The van der Waals surface area contributed by atoms with Crippen LogP contribution in [0.4, 0.5) is 0 Å². The maximum Gasteiger partial charge on any atom is 0.00644 e. The van der Waals surface area contributed by atoms with Gasteiger partial charge < -0.3 is 9.80 Å². The minimum absolute atomic E-state index is 0.786. The zero-order valence-electron chi connectivity index (χ0n) is 12.7. The average Bonchev–Trinajstić information content (AvgIpc) is 2.41. The molecule has 0 N–H and O–H groups in total. The van der Waals surface area contributed by atoms with E-state index < -0.39 is 0 Å². The van der Waals surface area contributed by atoms with Crippen LogP contribution >= 0.6 is 0 Å². The smallest absolute Gasteiger partial charge is 0.00644 e. The van der Waals surface area contributed by atoms with Gasteiger partial charge >= 0.3 is 0 Å². The Balaban J connectivity index is 1.75. The lowest BCUT2D eigenvalue weighted by molar-refractivity contribution is 0.0899. The van der Waals surface area contributed by atoms with Crippen molar-refractivity contribution < 1.29 is 0 Å². The molecule has 18 heavy (non-hydrogen) atoms. The summed E-state index contributed by atoms with van der Waals surface area (Å²) in [4.78, 5) is 5.45. The second-order valence-corrected chi connectivity index (χ2v) is 6.74. The normalized spacial score (nSPS) is 30.5. The first-order valence-electron chi connectivity index (χ1n) is 8.15. The molecule has 2 aliphatic rings. The van der Waals surface area contributed by atoms with Crippen molar-refractivity contribution in [3.8, 4) is 0 Å². The number of piperidine rings is 2. The van der Waals surface area contributed by atoms with Gasteiger partial charge in [0.2, 0.25) is 0 Å². The van der Waals surface area contributed by atoms with Crippen LogP contribution in [0.2, 0.25) is 0 Å². The van der Waals surface area contributed by atoms with Crippen molar-refractivity contribution in [2.24, 2.45) is 11.8 Å². The van der Waals surface area contributed by atoms with E-state index in [2.05, 4.69) is 30.6 Å². The summed E-state index contributed by atoms with van der Waals surface area (Å²) in [6, 6.07) is 0.786. The predicted octanol–water partition coefficient (Wildman–Crippen LogP) is 3.23. The monoisotopic (exact) mass is 252 g/mol. The van der Waals surface area contributed by atoms with Crippen LogP contribution in [-0.4, -0.2) is 48.6 Å². The van der Waals surface area contributed by atoms with Crippen LogP contribution in [0.3, 0.4) is 0 Å². The molecule has 0 saturated carbocycles. The Morgan fingerprint density at radius 3 is 2.50 bits per heavy atom. The summed E-state index contributed by atoms with van der Waals surface area (Å²) in [6.07, 6.45) is 7.01. The lowest BCUT2D eigenvalue weighted by Crippen LogP contribution is -2.45. The minimum Gasteiger partial charge on any atom is -0.303 e. The van der Waals surface area contributed by atoms with Crippen LogP contribution in [0, 0.1) is 11.8 Å². The van der Waals surface area contributed by atoms with Gasteiger partial charge in [0.1, 0.15) is 0 Å². The number of nitrogens with zero attached hydrogens (tertiary/aromatic N) is 2. The largest absolute Gasteiger partial charge is 0.303 e. The van der Waals surface area contributed by atoms with Crippen molar-refractivity contribution >= 4 is 0 Å². The van der Waals surface area contributed by atoms with E-state index in [0.29, 0.717) is 0 Å². The second kappa shape index (κ2) is 6.91. The molecule has 0 aromatic rings. The van der Waals surface area contributed by atoms with Crippen molar-refractivity contribution in [3.05, 3.63) is 0 Å². The van der Waals surface area contributed by atoms with Crippen molar-refractivity contribution in [2.45, 2.75) is 58.9 Å². The maximum atomic E-state index is 2.73. The highest BCUT2D eigenvalue weighted by atomic mass is 15.2. The van der Waals surface area contributed by atoms with Gasteiger partial charge in [0.25, 0.3) is 0 Å². The lowest BCUT2D eigenvalue weighted by Gasteiger charge is -2.40. The quantitative estimate of drug-likeness (QED) is 0.758. The molecule has 0 aromatic carbocycles. The molecule has 2 atom stereocenters. The first-order valence-corrected chi connectivity index (χ1v) is 8.15. The molecule has 0 amide bonds. The van der Waals surface area contributed by atoms with Crippen molar-refractivity contribution in [3.63, 3.8) is 0 Å². The van der Waals surface area contributed by atoms with Crippen LogP contribution in [0.25, 0.3) is 0 Å². The molecular weight excluding hydrogens is 220 g/mol. The molecule has 2 rings (SSSR count). The van der Waals surface area contributed by atoms with Crippen LogP contribution < -0.4 is 0 Å². The molecule has 2 unspecified atom stereocenters. The Kier molecular flexibility index (Phi) is 5.50. The molecule has 2 aliphatic heterocycles. The maximum absolute atomic E-state index is 2.73. The highest BCUT2D eigenvalue weighted by Crippen LogP contribution is 2.23. The highest BCUT2D eigenvalue weighted by molar-refractivity contribution is 4.80. The summed E-state index contributed by atoms with van der Waals surface area (Å²) in [5, 5.41) is 0. The third kappa shape index (κ3) is 3.96. The van der Waals surface area contributed by atoms with Crippen molar-refractivity contribution in [1.82, 2.24) is 9.80 Å². The number of likely N-dealkylation sites (tertiary alicyclic amines) is 2. The summed E-state index contributed by atoms with van der Waals surface area (Å²) < 4.78 is 0. The highest BCUT2D eigenvalue weighted by Gasteiger charge is 2.25. The number of hydrogen-bond donors (Lipinski definition) is 0. The molecule has 0 radical (unpaired) electrons. The molecule has 106 valence electrons. The third-order valence-corrected chi connectivity index (χ3v) is 5.16. The van der Waals surface area contributed by atoms with Gasteiger partial charge in [-0.05, 0) is 70.5 Å². The Morgan fingerprint density at radius 2 is 1.83 bits per heavy atom. The molecule has 0 aromatic heterocycles. The molecule has 0 bridgehead atoms. The zero-order valence-corrected chi connectivity index (χ0v) is 12.7. The van der Waals surface area contributed by atoms with E-state index >= 15 is 0 Å². The SMILES string of the molecule is CCC(C)N1CCCC(CN2CCC(C)CC2)C1. The fourth-order valence-electron chi connectivity index (χ4n) is 3.51. The van der Waals surface area contributed by atoms with Crippen LogP contribution in [0.15, 0.2) is 0 Å². The number of hydrogen-bond acceptors (Lipinski definition) is 2. The summed E-state index contributed by atoms with van der Waals surface area (Å²) in [6.45, 7) is 13.9. The Morgan fingerprint density at radius 1 is 1.11 bits per heavy atom. The van der Waals surface area contributed by atoms with Gasteiger partial charge in [0.15, 0.2) is 0 Å². The van der Waals surface area contributed by atoms with Crippen LogP contribution in [0.5, 0.6) is 0 Å². The van der Waals surface area contributed by atoms with Crippen molar-refractivity contribution in [1.29, 1.82) is 0 Å². The van der Waals surface area contributed by atoms with Gasteiger partial charge in [0.05, 0.1) is 0 Å².